The van der Waals surface area contributed by atoms with Gasteiger partial charge in [-0.15, -0.1) is 15.0 Å². The SMILES string of the molecule is CCCc1nc(C(C)(O)CC)c(C(=O)O)n1Cc1ccc(-c2ccccc2-c2nnn(C(c3ccccc3)(c3ccccc3)c3ccccc3)n2)cc1. The monoisotopic (exact) mass is 702 g/mol. The van der Waals surface area contributed by atoms with E-state index in [0.717, 1.165) is 45.4 Å². The van der Waals surface area contributed by atoms with Gasteiger partial charge in [0.15, 0.2) is 11.2 Å². The first-order valence-electron chi connectivity index (χ1n) is 18.0. The van der Waals surface area contributed by atoms with Crippen LogP contribution in [0.15, 0.2) is 140 Å². The molecular formula is C44H42N6O3. The maximum absolute atomic E-state index is 12.5. The summed E-state index contributed by atoms with van der Waals surface area (Å²) in [7, 11) is 0. The average Bonchev–Trinajstić information content (AvgIpc) is 3.83. The Hall–Kier alpha value is -6.19. The first-order chi connectivity index (χ1) is 25.8. The van der Waals surface area contributed by atoms with Crippen molar-refractivity contribution < 1.29 is 15.0 Å². The van der Waals surface area contributed by atoms with E-state index in [1.54, 1.807) is 16.3 Å². The molecule has 0 aliphatic rings. The number of carboxylic acid groups (broad SMARTS) is 1. The van der Waals surface area contributed by atoms with E-state index in [4.69, 9.17) is 10.3 Å². The van der Waals surface area contributed by atoms with E-state index in [0.29, 0.717) is 31.0 Å². The van der Waals surface area contributed by atoms with Crippen LogP contribution >= 0.6 is 0 Å². The van der Waals surface area contributed by atoms with Crippen LogP contribution in [0.25, 0.3) is 22.5 Å². The maximum atomic E-state index is 12.5. The minimum Gasteiger partial charge on any atom is -0.477 e. The highest BCUT2D eigenvalue weighted by Gasteiger charge is 2.41. The molecule has 1 atom stereocenters. The molecule has 9 heteroatoms. The van der Waals surface area contributed by atoms with Crippen molar-refractivity contribution in [3.05, 3.63) is 179 Å². The van der Waals surface area contributed by atoms with E-state index in [9.17, 15) is 15.0 Å². The lowest BCUT2D eigenvalue weighted by molar-refractivity contribution is 0.0441. The minimum atomic E-state index is -1.35. The zero-order valence-electron chi connectivity index (χ0n) is 30.1. The van der Waals surface area contributed by atoms with Crippen molar-refractivity contribution in [2.45, 2.75) is 57.7 Å². The van der Waals surface area contributed by atoms with Crippen LogP contribution in [0.5, 0.6) is 0 Å². The first kappa shape index (κ1) is 35.2. The molecule has 7 rings (SSSR count). The van der Waals surface area contributed by atoms with Crippen molar-refractivity contribution in [2.24, 2.45) is 0 Å². The van der Waals surface area contributed by atoms with Gasteiger partial charge in [-0.05, 0) is 58.4 Å². The number of aryl methyl sites for hydroxylation is 1. The molecule has 7 aromatic rings. The van der Waals surface area contributed by atoms with Gasteiger partial charge in [0.2, 0.25) is 5.82 Å². The molecule has 2 aromatic heterocycles. The third kappa shape index (κ3) is 6.56. The van der Waals surface area contributed by atoms with Gasteiger partial charge >= 0.3 is 5.97 Å². The Labute approximate surface area is 309 Å². The molecule has 1 unspecified atom stereocenters. The van der Waals surface area contributed by atoms with E-state index in [1.165, 1.54) is 0 Å². The fourth-order valence-electron chi connectivity index (χ4n) is 7.09. The van der Waals surface area contributed by atoms with Gasteiger partial charge in [0, 0.05) is 18.5 Å². The van der Waals surface area contributed by atoms with Crippen LogP contribution in [0.4, 0.5) is 0 Å². The number of carboxylic acids is 1. The third-order valence-corrected chi connectivity index (χ3v) is 9.98. The average molecular weight is 703 g/mol. The molecule has 0 bridgehead atoms. The fourth-order valence-corrected chi connectivity index (χ4v) is 7.09. The quantitative estimate of drug-likeness (QED) is 0.116. The molecule has 0 fully saturated rings. The predicted octanol–water partition coefficient (Wildman–Crippen LogP) is 8.36. The van der Waals surface area contributed by atoms with E-state index < -0.39 is 17.1 Å². The second-order valence-electron chi connectivity index (χ2n) is 13.4. The number of hydrogen-bond donors (Lipinski definition) is 2. The Kier molecular flexibility index (Phi) is 9.84. The summed E-state index contributed by atoms with van der Waals surface area (Å²) < 4.78 is 1.73. The van der Waals surface area contributed by atoms with Crippen LogP contribution in [0, 0.1) is 0 Å². The molecule has 0 spiro atoms. The molecule has 0 saturated carbocycles. The minimum absolute atomic E-state index is 0.0291. The normalized spacial score (nSPS) is 12.8. The number of nitrogens with zero attached hydrogens (tertiary/aromatic N) is 6. The summed E-state index contributed by atoms with van der Waals surface area (Å²) in [6, 6.07) is 46.8. The van der Waals surface area contributed by atoms with Gasteiger partial charge < -0.3 is 14.8 Å². The standard InChI is InChI=1S/C44H42N6O3/c1-4-17-38-45-40(43(3,53)5-2)39(42(51)52)49(38)30-31-26-28-32(29-27-31)36-24-15-16-25-37(36)41-46-48-50(47-41)44(33-18-9-6-10-19-33,34-20-11-7-12-21-34)35-22-13-8-14-23-35/h6-16,18-29,53H,4-5,17,30H2,1-3H3,(H,51,52). The number of aromatic nitrogens is 6. The van der Waals surface area contributed by atoms with Gasteiger partial charge in [0.1, 0.15) is 17.1 Å². The number of hydrogen-bond acceptors (Lipinski definition) is 6. The first-order valence-corrected chi connectivity index (χ1v) is 18.0. The highest BCUT2D eigenvalue weighted by Crippen LogP contribution is 2.40. The number of carbonyl (C=O) groups is 1. The van der Waals surface area contributed by atoms with Gasteiger partial charge in [0.05, 0.1) is 0 Å². The Morgan fingerprint density at radius 2 is 1.25 bits per heavy atom. The zero-order valence-corrected chi connectivity index (χ0v) is 30.1. The molecule has 9 nitrogen and oxygen atoms in total. The number of aliphatic hydroxyl groups is 1. The Bertz CT molecular complexity index is 2220. The summed E-state index contributed by atoms with van der Waals surface area (Å²) in [6.45, 7) is 5.78. The summed E-state index contributed by atoms with van der Waals surface area (Å²) >= 11 is 0. The van der Waals surface area contributed by atoms with Crippen molar-refractivity contribution in [3.63, 3.8) is 0 Å². The Morgan fingerprint density at radius 1 is 0.717 bits per heavy atom. The molecule has 53 heavy (non-hydrogen) atoms. The van der Waals surface area contributed by atoms with Crippen LogP contribution in [-0.2, 0) is 24.1 Å². The summed E-state index contributed by atoms with van der Waals surface area (Å²) in [5.41, 5.74) is 4.62. The molecule has 266 valence electrons. The topological polar surface area (TPSA) is 119 Å². The maximum Gasteiger partial charge on any atom is 0.354 e. The van der Waals surface area contributed by atoms with Crippen molar-refractivity contribution in [1.29, 1.82) is 0 Å². The molecule has 2 heterocycles. The number of rotatable bonds is 13. The molecule has 5 aromatic carbocycles. The number of tetrazole rings is 1. The van der Waals surface area contributed by atoms with Crippen molar-refractivity contribution in [3.8, 4) is 22.5 Å². The van der Waals surface area contributed by atoms with Crippen molar-refractivity contribution in [2.75, 3.05) is 0 Å². The molecule has 2 N–H and O–H groups in total. The van der Waals surface area contributed by atoms with Crippen molar-refractivity contribution >= 4 is 5.97 Å². The lowest BCUT2D eigenvalue weighted by atomic mass is 9.77. The largest absolute Gasteiger partial charge is 0.477 e. The molecular weight excluding hydrogens is 661 g/mol. The predicted molar refractivity (Wildman–Crippen MR) is 205 cm³/mol. The highest BCUT2D eigenvalue weighted by atomic mass is 16.4. The number of aromatic carboxylic acids is 1. The summed E-state index contributed by atoms with van der Waals surface area (Å²) in [5.74, 6) is 0.0290. The van der Waals surface area contributed by atoms with Crippen LogP contribution in [0.1, 0.15) is 77.9 Å². The van der Waals surface area contributed by atoms with E-state index >= 15 is 0 Å². The van der Waals surface area contributed by atoms with E-state index in [-0.39, 0.29) is 11.4 Å². The highest BCUT2D eigenvalue weighted by molar-refractivity contribution is 5.87. The van der Waals surface area contributed by atoms with Gasteiger partial charge in [-0.2, -0.15) is 0 Å². The molecule has 0 radical (unpaired) electrons. The molecule has 0 amide bonds. The van der Waals surface area contributed by atoms with Crippen LogP contribution < -0.4 is 0 Å². The fraction of sp³-hybridized carbons (Fsp3) is 0.205. The van der Waals surface area contributed by atoms with E-state index in [1.807, 2.05) is 117 Å². The van der Waals surface area contributed by atoms with Gasteiger partial charge in [-0.3, -0.25) is 0 Å². The smallest absolute Gasteiger partial charge is 0.354 e. The lowest BCUT2D eigenvalue weighted by Crippen LogP contribution is -2.39. The van der Waals surface area contributed by atoms with Gasteiger partial charge in [-0.1, -0.05) is 153 Å². The number of benzene rings is 5. The van der Waals surface area contributed by atoms with Crippen LogP contribution in [-0.4, -0.2) is 45.9 Å². The second kappa shape index (κ2) is 14.8. The second-order valence-corrected chi connectivity index (χ2v) is 13.4. The van der Waals surface area contributed by atoms with E-state index in [2.05, 4.69) is 46.5 Å². The summed E-state index contributed by atoms with van der Waals surface area (Å²) in [4.78, 5) is 18.9. The van der Waals surface area contributed by atoms with Crippen LogP contribution in [0.2, 0.25) is 0 Å². The molecule has 0 aliphatic carbocycles. The Balaban J connectivity index is 1.28. The van der Waals surface area contributed by atoms with Crippen LogP contribution in [0.3, 0.4) is 0 Å². The number of imidazole rings is 1. The zero-order chi connectivity index (χ0) is 37.0. The summed E-state index contributed by atoms with van der Waals surface area (Å²) in [6.07, 6.45) is 1.74. The molecule has 0 saturated heterocycles. The molecule has 0 aliphatic heterocycles. The lowest BCUT2D eigenvalue weighted by Gasteiger charge is -2.34. The Morgan fingerprint density at radius 3 is 1.75 bits per heavy atom. The third-order valence-electron chi connectivity index (χ3n) is 9.98. The summed E-state index contributed by atoms with van der Waals surface area (Å²) in [5, 5.41) is 35.9. The van der Waals surface area contributed by atoms with Crippen molar-refractivity contribution in [1.82, 2.24) is 29.8 Å². The van der Waals surface area contributed by atoms with Gasteiger partial charge in [0.25, 0.3) is 0 Å². The van der Waals surface area contributed by atoms with Gasteiger partial charge in [-0.25, -0.2) is 9.78 Å².